The molecule has 0 radical (unpaired) electrons. The molecule has 0 bridgehead atoms. The Labute approximate surface area is 724 Å². The number of aromatic nitrogens is 12. The number of hydrogen-bond donors (Lipinski definition) is 3. The molecule has 6 aromatic carbocycles. The molecule has 2 aliphatic rings. The van der Waals surface area contributed by atoms with E-state index in [-0.39, 0.29) is 85.4 Å². The van der Waals surface area contributed by atoms with Crippen molar-refractivity contribution in [3.8, 4) is 34.5 Å². The van der Waals surface area contributed by atoms with Crippen LogP contribution in [0.25, 0.3) is 44.1 Å². The van der Waals surface area contributed by atoms with Gasteiger partial charge in [0.1, 0.15) is 83.9 Å². The Balaban J connectivity index is 0.000000147. The summed E-state index contributed by atoms with van der Waals surface area (Å²) in [7, 11) is -6.27. The fourth-order valence-electron chi connectivity index (χ4n) is 13.1. The second-order valence-electron chi connectivity index (χ2n) is 27.6. The summed E-state index contributed by atoms with van der Waals surface area (Å²) in [6.07, 6.45) is 5.02. The van der Waals surface area contributed by atoms with Crippen molar-refractivity contribution in [3.05, 3.63) is 303 Å². The topological polar surface area (TPSA) is 432 Å². The lowest BCUT2D eigenvalue weighted by Gasteiger charge is -2.20. The zero-order chi connectivity index (χ0) is 90.8. The van der Waals surface area contributed by atoms with Gasteiger partial charge in [0.25, 0.3) is 5.56 Å². The number of nitrogens with zero attached hydrogens (tertiary/aromatic N) is 12. The average Bonchev–Trinajstić information content (AvgIpc) is 0.740. The molecular weight excluding hydrogens is 1690 g/mol. The maximum absolute atomic E-state index is 13.7. The highest BCUT2D eigenvalue weighted by molar-refractivity contribution is 7.88. The van der Waals surface area contributed by atoms with Gasteiger partial charge in [-0.3, -0.25) is 19.2 Å². The van der Waals surface area contributed by atoms with E-state index in [4.69, 9.17) is 52.5 Å². The number of carbonyl (C=O) groups excluding carboxylic acids is 3. The van der Waals surface area contributed by atoms with Crippen molar-refractivity contribution >= 4 is 83.5 Å². The van der Waals surface area contributed by atoms with E-state index in [9.17, 15) is 60.3 Å². The number of ether oxygens (including phenoxy) is 7. The molecule has 0 unspecified atom stereocenters. The molecular formula is C88H81F3N14O22S. The second kappa shape index (κ2) is 40.7. The molecule has 0 aliphatic carbocycles. The normalized spacial score (nSPS) is 11.9. The first-order valence-electron chi connectivity index (χ1n) is 39.5. The minimum Gasteiger partial charge on any atom is -0.506 e. The Morgan fingerprint density at radius 2 is 0.758 bits per heavy atom. The molecule has 0 spiro atoms. The van der Waals surface area contributed by atoms with Crippen LogP contribution in [-0.2, 0) is 63.8 Å². The zero-order valence-electron chi connectivity index (χ0n) is 69.5. The predicted octanol–water partition coefficient (Wildman–Crippen LogP) is 10.1. The van der Waals surface area contributed by atoms with E-state index in [0.29, 0.717) is 89.4 Å². The van der Waals surface area contributed by atoms with E-state index in [1.807, 2.05) is 134 Å². The van der Waals surface area contributed by atoms with Crippen LogP contribution in [-0.4, -0.2) is 142 Å². The van der Waals surface area contributed by atoms with Crippen LogP contribution < -0.4 is 75.4 Å². The molecule has 16 rings (SSSR count). The number of halogens is 3. The van der Waals surface area contributed by atoms with Gasteiger partial charge < -0.3 is 72.4 Å². The fraction of sp³-hybridized carbons (Fsp3) is 0.239. The van der Waals surface area contributed by atoms with Gasteiger partial charge in [-0.25, -0.2) is 54.3 Å². The number of alkyl halides is 3. The maximum Gasteiger partial charge on any atom is 0.534 e. The van der Waals surface area contributed by atoms with Crippen molar-refractivity contribution in [3.63, 3.8) is 0 Å². The van der Waals surface area contributed by atoms with Crippen molar-refractivity contribution in [2.75, 3.05) is 56.9 Å². The quantitative estimate of drug-likeness (QED) is 0.0196. The lowest BCUT2D eigenvalue weighted by atomic mass is 10.1. The number of hydrogen-bond acceptors (Lipinski definition) is 32. The van der Waals surface area contributed by atoms with Gasteiger partial charge in [-0.15, -0.1) is 18.9 Å². The maximum atomic E-state index is 13.7. The molecule has 40 heteroatoms. The van der Waals surface area contributed by atoms with Crippen LogP contribution in [0.4, 0.5) is 24.5 Å². The summed E-state index contributed by atoms with van der Waals surface area (Å²) in [6.45, 7) is 14.2. The third-order valence-corrected chi connectivity index (χ3v) is 20.0. The molecule has 14 aromatic rings. The summed E-state index contributed by atoms with van der Waals surface area (Å²) in [5.41, 5.74) is -2.82. The summed E-state index contributed by atoms with van der Waals surface area (Å²) in [6, 6.07) is 49.7. The number of pyridine rings is 4. The lowest BCUT2D eigenvalue weighted by molar-refractivity contribution is -0.0500. The predicted molar refractivity (Wildman–Crippen MR) is 456 cm³/mol. The summed E-state index contributed by atoms with van der Waals surface area (Å²) in [5.74, 6) is -2.05. The molecule has 662 valence electrons. The molecule has 0 saturated carbocycles. The highest BCUT2D eigenvalue weighted by Gasteiger charge is 2.50. The van der Waals surface area contributed by atoms with Gasteiger partial charge in [-0.05, 0) is 106 Å². The van der Waals surface area contributed by atoms with Gasteiger partial charge in [-0.2, -0.15) is 21.6 Å². The minimum atomic E-state index is -6.27. The molecule has 8 aromatic heterocycles. The number of esters is 3. The lowest BCUT2D eigenvalue weighted by Crippen LogP contribution is -2.35. The van der Waals surface area contributed by atoms with E-state index in [1.165, 1.54) is 43.6 Å². The van der Waals surface area contributed by atoms with E-state index < -0.39 is 83.9 Å². The second-order valence-corrected chi connectivity index (χ2v) is 29.2. The number of nitrogens with one attached hydrogen (secondary N) is 2. The van der Waals surface area contributed by atoms with Crippen LogP contribution >= 0.6 is 0 Å². The first-order chi connectivity index (χ1) is 61.8. The SMILES string of the molecule is CCOC(=O)c1c(NCc2ccc3c(c2)OCCO3)c2c(C)ncnc2n(OCc2ccccc2)c1=O.CCOC(=O)c1c(O)c2c(C)ncnc2n(OCc2ccccc2)c1=O.CCOC(=O)c1c(OS(=O)(=O)C(F)(F)F)c2c(C)ncnc2n(OCc2ccccc2)c1=O.Cc1ncnc2c1c(NCc1ccc3c(c1)OCCO3)cc(=O)n2OCc1ccccc1. The van der Waals surface area contributed by atoms with Gasteiger partial charge >= 0.3 is 50.2 Å². The zero-order valence-corrected chi connectivity index (χ0v) is 70.3. The summed E-state index contributed by atoms with van der Waals surface area (Å²) in [4.78, 5) is 146. The highest BCUT2D eigenvalue weighted by Crippen LogP contribution is 2.38. The molecule has 128 heavy (non-hydrogen) atoms. The van der Waals surface area contributed by atoms with Crippen LogP contribution in [0.2, 0.25) is 0 Å². The van der Waals surface area contributed by atoms with Crippen LogP contribution in [0.5, 0.6) is 34.5 Å². The van der Waals surface area contributed by atoms with Gasteiger partial charge in [0.2, 0.25) is 0 Å². The summed E-state index contributed by atoms with van der Waals surface area (Å²) in [5, 5.41) is 18.0. The fourth-order valence-corrected chi connectivity index (χ4v) is 13.6. The smallest absolute Gasteiger partial charge is 0.506 e. The van der Waals surface area contributed by atoms with Crippen molar-refractivity contribution in [1.82, 2.24) is 58.8 Å². The molecule has 0 amide bonds. The molecule has 10 heterocycles. The Kier molecular flexibility index (Phi) is 28.6. The van der Waals surface area contributed by atoms with E-state index >= 15 is 0 Å². The summed E-state index contributed by atoms with van der Waals surface area (Å²) >= 11 is 0. The Hall–Kier alpha value is -15.8. The molecule has 0 fully saturated rings. The highest BCUT2D eigenvalue weighted by atomic mass is 32.2. The molecule has 3 N–H and O–H groups in total. The van der Waals surface area contributed by atoms with E-state index in [2.05, 4.69) is 54.7 Å². The van der Waals surface area contributed by atoms with Gasteiger partial charge in [-0.1, -0.05) is 133 Å². The molecule has 0 atom stereocenters. The third kappa shape index (κ3) is 20.5. The minimum absolute atomic E-state index is 0.0604. The van der Waals surface area contributed by atoms with Crippen LogP contribution in [0.15, 0.2) is 208 Å². The van der Waals surface area contributed by atoms with Crippen LogP contribution in [0.3, 0.4) is 0 Å². The third-order valence-electron chi connectivity index (χ3n) is 19.1. The van der Waals surface area contributed by atoms with Crippen molar-refractivity contribution < 1.29 is 97.8 Å². The number of benzene rings is 6. The Bertz CT molecular complexity index is 6820. The van der Waals surface area contributed by atoms with Gasteiger partial charge in [0.15, 0.2) is 68.0 Å². The number of carbonyl (C=O) groups is 3. The number of aromatic hydroxyl groups is 1. The molecule has 2 aliphatic heterocycles. The van der Waals surface area contributed by atoms with Crippen LogP contribution in [0, 0.1) is 27.7 Å². The van der Waals surface area contributed by atoms with Gasteiger partial charge in [0.05, 0.1) is 75.5 Å². The summed E-state index contributed by atoms with van der Waals surface area (Å²) < 4.78 is 108. The Morgan fingerprint density at radius 3 is 1.19 bits per heavy atom. The van der Waals surface area contributed by atoms with E-state index in [1.54, 1.807) is 58.0 Å². The monoisotopic (exact) mass is 1770 g/mol. The van der Waals surface area contributed by atoms with E-state index in [0.717, 1.165) is 66.2 Å². The number of fused-ring (bicyclic) bond motifs is 6. The number of anilines is 2. The first kappa shape index (κ1) is 90.0. The van der Waals surface area contributed by atoms with Gasteiger partial charge in [0, 0.05) is 19.2 Å². The Morgan fingerprint density at radius 1 is 0.414 bits per heavy atom. The van der Waals surface area contributed by atoms with Crippen molar-refractivity contribution in [2.45, 2.75) is 93.5 Å². The average molecular weight is 1780 g/mol. The standard InChI is InChI=1S/C27H26N4O6.C24H22N4O4.C19H16F3N3O7S.C18H17N3O5/c1-3-34-27(33)23-24(28-14-19-9-10-20-21(13-19)36-12-11-35-20)22-17(2)29-16-30-25(22)31(26(23)32)37-15-18-7-5-4-6-8-18;1-16-23-19(25-13-18-7-8-20-21(11-18)31-10-9-30-20)12-22(29)28(24(23)27-15-26-16)32-14-17-5-3-2-4-6-17;1-3-30-18(27)14-15(32-33(28,29)19(20,21)22)13-11(2)23-10-24-16(13)25(17(14)26)31-9-12-7-5-4-6-8-12;1-3-25-18(24)14-15(22)13-11(2)19-10-20-16(13)21(17(14)23)26-9-12-7-5-4-6-8-12/h4-10,13,16,28H,3,11-12,14-15H2,1-2H3;2-8,11-12,15,25H,9-10,13-14H2,1H3;4-8,10H,3,9H2,1-2H3;4-8,10,22H,3,9H2,1-2H3. The largest absolute Gasteiger partial charge is 0.534 e. The van der Waals surface area contributed by atoms with Crippen molar-refractivity contribution in [1.29, 1.82) is 0 Å². The van der Waals surface area contributed by atoms with Crippen molar-refractivity contribution in [2.24, 2.45) is 0 Å². The number of aryl methyl sites for hydroxylation is 4. The molecule has 0 saturated heterocycles. The first-order valence-corrected chi connectivity index (χ1v) is 40.9. The molecule has 36 nitrogen and oxygen atoms in total. The van der Waals surface area contributed by atoms with Crippen LogP contribution in [0.1, 0.15) is 108 Å². The number of rotatable bonds is 26.